The zero-order valence-corrected chi connectivity index (χ0v) is 14.5. The maximum atomic E-state index is 3.55. The lowest BCUT2D eigenvalue weighted by molar-refractivity contribution is 0.864. The molecule has 0 spiro atoms. The van der Waals surface area contributed by atoms with E-state index in [1.807, 2.05) is 0 Å². The van der Waals surface area contributed by atoms with Crippen molar-refractivity contribution in [3.63, 3.8) is 0 Å². The number of hydrogen-bond acceptors (Lipinski definition) is 2. The Hall–Kier alpha value is -1.48. The lowest BCUT2D eigenvalue weighted by Crippen LogP contribution is -2.21. The maximum absolute atomic E-state index is 3.55. The molecule has 0 fully saturated rings. The van der Waals surface area contributed by atoms with Crippen molar-refractivity contribution >= 4 is 27.3 Å². The van der Waals surface area contributed by atoms with Gasteiger partial charge in [-0.25, -0.2) is 0 Å². The van der Waals surface area contributed by atoms with Gasteiger partial charge in [-0.3, -0.25) is 0 Å². The largest absolute Gasteiger partial charge is 0.379 e. The molecular weight excluding hydrogens is 324 g/mol. The SMILES string of the molecule is CCN(CC)c1ccc(NC(C)c2cccc(Br)c2)cc1. The molecule has 0 aromatic heterocycles. The van der Waals surface area contributed by atoms with Crippen LogP contribution in [0.15, 0.2) is 53.0 Å². The number of halogens is 1. The van der Waals surface area contributed by atoms with Crippen molar-refractivity contribution in [2.24, 2.45) is 0 Å². The highest BCUT2D eigenvalue weighted by atomic mass is 79.9. The van der Waals surface area contributed by atoms with Crippen LogP contribution in [0.3, 0.4) is 0 Å². The van der Waals surface area contributed by atoms with Gasteiger partial charge in [-0.2, -0.15) is 0 Å². The molecule has 0 saturated heterocycles. The summed E-state index contributed by atoms with van der Waals surface area (Å²) in [5, 5.41) is 3.55. The Morgan fingerprint density at radius 3 is 2.29 bits per heavy atom. The van der Waals surface area contributed by atoms with Crippen LogP contribution < -0.4 is 10.2 Å². The molecular formula is C18H23BrN2. The predicted octanol–water partition coefficient (Wildman–Crippen LogP) is 5.47. The van der Waals surface area contributed by atoms with E-state index in [1.165, 1.54) is 11.3 Å². The summed E-state index contributed by atoms with van der Waals surface area (Å²) in [5.41, 5.74) is 3.70. The van der Waals surface area contributed by atoms with Crippen molar-refractivity contribution < 1.29 is 0 Å². The summed E-state index contributed by atoms with van der Waals surface area (Å²) in [6, 6.07) is 17.4. The molecule has 0 heterocycles. The average molecular weight is 347 g/mol. The Balaban J connectivity index is 2.06. The van der Waals surface area contributed by atoms with Crippen LogP contribution in [0.2, 0.25) is 0 Å². The topological polar surface area (TPSA) is 15.3 Å². The number of nitrogens with one attached hydrogen (secondary N) is 1. The van der Waals surface area contributed by atoms with Crippen LogP contribution in [0.4, 0.5) is 11.4 Å². The average Bonchev–Trinajstić information content (AvgIpc) is 2.50. The summed E-state index contributed by atoms with van der Waals surface area (Å²) in [6.07, 6.45) is 0. The van der Waals surface area contributed by atoms with E-state index >= 15 is 0 Å². The van der Waals surface area contributed by atoms with Crippen molar-refractivity contribution in [2.45, 2.75) is 26.8 Å². The molecule has 1 atom stereocenters. The van der Waals surface area contributed by atoms with Crippen molar-refractivity contribution in [2.75, 3.05) is 23.3 Å². The molecule has 0 saturated carbocycles. The number of nitrogens with zero attached hydrogens (tertiary/aromatic N) is 1. The van der Waals surface area contributed by atoms with E-state index < -0.39 is 0 Å². The lowest BCUT2D eigenvalue weighted by Gasteiger charge is -2.22. The van der Waals surface area contributed by atoms with Gasteiger partial charge < -0.3 is 10.2 Å². The third-order valence-electron chi connectivity index (χ3n) is 3.73. The van der Waals surface area contributed by atoms with Crippen molar-refractivity contribution in [3.05, 3.63) is 58.6 Å². The van der Waals surface area contributed by atoms with Gasteiger partial charge in [0.1, 0.15) is 0 Å². The van der Waals surface area contributed by atoms with E-state index in [2.05, 4.69) is 95.4 Å². The Morgan fingerprint density at radius 2 is 1.71 bits per heavy atom. The first-order valence-electron chi connectivity index (χ1n) is 7.51. The van der Waals surface area contributed by atoms with Crippen molar-refractivity contribution in [1.82, 2.24) is 0 Å². The standard InChI is InChI=1S/C18H23BrN2/c1-4-21(5-2)18-11-9-17(10-12-18)20-14(3)15-7-6-8-16(19)13-15/h6-14,20H,4-5H2,1-3H3. The fourth-order valence-electron chi connectivity index (χ4n) is 2.47. The Morgan fingerprint density at radius 1 is 1.05 bits per heavy atom. The van der Waals surface area contributed by atoms with E-state index in [-0.39, 0.29) is 6.04 Å². The minimum atomic E-state index is 0.279. The molecule has 2 nitrogen and oxygen atoms in total. The van der Waals surface area contributed by atoms with Gasteiger partial charge in [0.05, 0.1) is 0 Å². The molecule has 3 heteroatoms. The van der Waals surface area contributed by atoms with Crippen molar-refractivity contribution in [1.29, 1.82) is 0 Å². The first-order chi connectivity index (χ1) is 10.1. The molecule has 0 aliphatic carbocycles. The van der Waals surface area contributed by atoms with Gasteiger partial charge in [0.25, 0.3) is 0 Å². The highest BCUT2D eigenvalue weighted by Crippen LogP contribution is 2.24. The summed E-state index contributed by atoms with van der Waals surface area (Å²) in [5.74, 6) is 0. The molecule has 0 amide bonds. The molecule has 2 rings (SSSR count). The molecule has 0 aliphatic rings. The van der Waals surface area contributed by atoms with Crippen LogP contribution in [0.5, 0.6) is 0 Å². The summed E-state index contributed by atoms with van der Waals surface area (Å²) in [7, 11) is 0. The van der Waals surface area contributed by atoms with E-state index in [4.69, 9.17) is 0 Å². The van der Waals surface area contributed by atoms with Gasteiger partial charge >= 0.3 is 0 Å². The van der Waals surface area contributed by atoms with Gasteiger partial charge in [-0.05, 0) is 62.7 Å². The van der Waals surface area contributed by atoms with Crippen LogP contribution in [-0.4, -0.2) is 13.1 Å². The zero-order valence-electron chi connectivity index (χ0n) is 12.9. The number of rotatable bonds is 6. The molecule has 0 aliphatic heterocycles. The first kappa shape index (κ1) is 15.9. The second kappa shape index (κ2) is 7.51. The van der Waals surface area contributed by atoms with Crippen LogP contribution in [0, 0.1) is 0 Å². The van der Waals surface area contributed by atoms with Gasteiger partial charge in [0.15, 0.2) is 0 Å². The van der Waals surface area contributed by atoms with E-state index in [0.29, 0.717) is 0 Å². The van der Waals surface area contributed by atoms with Gasteiger partial charge in [0.2, 0.25) is 0 Å². The number of anilines is 2. The van der Waals surface area contributed by atoms with E-state index in [9.17, 15) is 0 Å². The third-order valence-corrected chi connectivity index (χ3v) is 4.22. The summed E-state index contributed by atoms with van der Waals surface area (Å²) in [6.45, 7) is 8.63. The summed E-state index contributed by atoms with van der Waals surface area (Å²) < 4.78 is 1.12. The summed E-state index contributed by atoms with van der Waals surface area (Å²) >= 11 is 3.52. The number of benzene rings is 2. The molecule has 1 N–H and O–H groups in total. The quantitative estimate of drug-likeness (QED) is 0.746. The molecule has 2 aromatic rings. The molecule has 21 heavy (non-hydrogen) atoms. The highest BCUT2D eigenvalue weighted by molar-refractivity contribution is 9.10. The van der Waals surface area contributed by atoms with Crippen LogP contribution in [0.25, 0.3) is 0 Å². The monoisotopic (exact) mass is 346 g/mol. The van der Waals surface area contributed by atoms with Gasteiger partial charge in [-0.1, -0.05) is 28.1 Å². The Kier molecular flexibility index (Phi) is 5.68. The normalized spacial score (nSPS) is 12.0. The fraction of sp³-hybridized carbons (Fsp3) is 0.333. The molecule has 1 unspecified atom stereocenters. The first-order valence-corrected chi connectivity index (χ1v) is 8.30. The van der Waals surface area contributed by atoms with Gasteiger partial charge in [0, 0.05) is 35.0 Å². The Bertz CT molecular complexity index is 562. The highest BCUT2D eigenvalue weighted by Gasteiger charge is 2.06. The predicted molar refractivity (Wildman–Crippen MR) is 96.2 cm³/mol. The second-order valence-electron chi connectivity index (χ2n) is 5.14. The maximum Gasteiger partial charge on any atom is 0.0486 e. The van der Waals surface area contributed by atoms with Crippen LogP contribution in [0.1, 0.15) is 32.4 Å². The lowest BCUT2D eigenvalue weighted by atomic mass is 10.1. The molecule has 2 aromatic carbocycles. The fourth-order valence-corrected chi connectivity index (χ4v) is 2.88. The summed E-state index contributed by atoms with van der Waals surface area (Å²) in [4.78, 5) is 2.35. The molecule has 0 bridgehead atoms. The van der Waals surface area contributed by atoms with Crippen LogP contribution >= 0.6 is 15.9 Å². The molecule has 112 valence electrons. The minimum absolute atomic E-state index is 0.279. The third kappa shape index (κ3) is 4.24. The van der Waals surface area contributed by atoms with E-state index in [1.54, 1.807) is 0 Å². The minimum Gasteiger partial charge on any atom is -0.379 e. The van der Waals surface area contributed by atoms with Crippen LogP contribution in [-0.2, 0) is 0 Å². The van der Waals surface area contributed by atoms with Gasteiger partial charge in [-0.15, -0.1) is 0 Å². The van der Waals surface area contributed by atoms with E-state index in [0.717, 1.165) is 23.2 Å². The second-order valence-corrected chi connectivity index (χ2v) is 6.06. The number of hydrogen-bond donors (Lipinski definition) is 1. The molecule has 0 radical (unpaired) electrons. The zero-order chi connectivity index (χ0) is 15.2. The Labute approximate surface area is 136 Å². The smallest absolute Gasteiger partial charge is 0.0486 e. The van der Waals surface area contributed by atoms with Crippen molar-refractivity contribution in [3.8, 4) is 0 Å².